The Hall–Kier alpha value is -1.06. The summed E-state index contributed by atoms with van der Waals surface area (Å²) in [6, 6.07) is 10.6. The summed E-state index contributed by atoms with van der Waals surface area (Å²) < 4.78 is 0. The van der Waals surface area contributed by atoms with Gasteiger partial charge < -0.3 is 10.6 Å². The summed E-state index contributed by atoms with van der Waals surface area (Å²) in [7, 11) is 0. The molecule has 0 saturated carbocycles. The standard InChI is InChI=1S/C15H22N2O.ClH/c18-15(14-11-16-12-14)17-10-6-2-5-9-13-7-3-1-4-8-13;/h1,3-4,7-8,14,16H,2,5-6,9-12H2,(H,17,18);1H. The molecule has 0 atom stereocenters. The lowest BCUT2D eigenvalue weighted by molar-refractivity contribution is -0.126. The van der Waals surface area contributed by atoms with Crippen LogP contribution in [0.25, 0.3) is 0 Å². The van der Waals surface area contributed by atoms with Crippen LogP contribution in [0, 0.1) is 5.92 Å². The molecule has 1 amide bonds. The Kier molecular flexibility index (Phi) is 7.53. The number of nitrogens with one attached hydrogen (secondary N) is 2. The van der Waals surface area contributed by atoms with E-state index in [-0.39, 0.29) is 24.2 Å². The lowest BCUT2D eigenvalue weighted by Gasteiger charge is -2.25. The average Bonchev–Trinajstić information content (AvgIpc) is 2.33. The van der Waals surface area contributed by atoms with Crippen molar-refractivity contribution < 1.29 is 4.79 Å². The predicted molar refractivity (Wildman–Crippen MR) is 80.6 cm³/mol. The molecule has 0 radical (unpaired) electrons. The molecule has 0 aromatic heterocycles. The first-order valence-electron chi connectivity index (χ1n) is 6.88. The number of hydrogen-bond acceptors (Lipinski definition) is 2. The first-order chi connectivity index (χ1) is 8.86. The lowest BCUT2D eigenvalue weighted by atomic mass is 10.0. The molecular formula is C15H23ClN2O. The number of benzene rings is 1. The first kappa shape index (κ1) is 16.0. The molecule has 0 unspecified atom stereocenters. The highest BCUT2D eigenvalue weighted by molar-refractivity contribution is 5.85. The van der Waals surface area contributed by atoms with Crippen LogP contribution in [0.4, 0.5) is 0 Å². The first-order valence-corrected chi connectivity index (χ1v) is 6.88. The molecule has 1 aromatic carbocycles. The second-order valence-corrected chi connectivity index (χ2v) is 4.94. The minimum Gasteiger partial charge on any atom is -0.356 e. The van der Waals surface area contributed by atoms with E-state index >= 15 is 0 Å². The van der Waals surface area contributed by atoms with Crippen LogP contribution < -0.4 is 10.6 Å². The van der Waals surface area contributed by atoms with Crippen molar-refractivity contribution in [2.45, 2.75) is 25.7 Å². The molecule has 0 aliphatic carbocycles. The van der Waals surface area contributed by atoms with Crippen LogP contribution in [0.2, 0.25) is 0 Å². The van der Waals surface area contributed by atoms with Gasteiger partial charge in [-0.25, -0.2) is 0 Å². The Bertz CT molecular complexity index is 366. The Morgan fingerprint density at radius 1 is 1.16 bits per heavy atom. The van der Waals surface area contributed by atoms with E-state index in [4.69, 9.17) is 0 Å². The molecule has 0 spiro atoms. The number of aryl methyl sites for hydroxylation is 1. The van der Waals surface area contributed by atoms with Crippen LogP contribution in [-0.2, 0) is 11.2 Å². The van der Waals surface area contributed by atoms with Gasteiger partial charge >= 0.3 is 0 Å². The molecule has 4 heteroatoms. The fourth-order valence-electron chi connectivity index (χ4n) is 2.11. The highest BCUT2D eigenvalue weighted by atomic mass is 35.5. The van der Waals surface area contributed by atoms with Gasteiger partial charge in [0.2, 0.25) is 5.91 Å². The number of carbonyl (C=O) groups excluding carboxylic acids is 1. The third-order valence-corrected chi connectivity index (χ3v) is 3.44. The molecule has 106 valence electrons. The maximum Gasteiger partial charge on any atom is 0.225 e. The molecule has 1 heterocycles. The van der Waals surface area contributed by atoms with E-state index in [0.717, 1.165) is 32.5 Å². The molecule has 3 nitrogen and oxygen atoms in total. The summed E-state index contributed by atoms with van der Waals surface area (Å²) in [4.78, 5) is 11.5. The second-order valence-electron chi connectivity index (χ2n) is 4.94. The van der Waals surface area contributed by atoms with Crippen molar-refractivity contribution >= 4 is 18.3 Å². The van der Waals surface area contributed by atoms with E-state index in [2.05, 4.69) is 34.9 Å². The van der Waals surface area contributed by atoms with E-state index in [1.165, 1.54) is 18.4 Å². The summed E-state index contributed by atoms with van der Waals surface area (Å²) in [5.41, 5.74) is 1.40. The van der Waals surface area contributed by atoms with Gasteiger partial charge in [0.1, 0.15) is 0 Å². The SMILES string of the molecule is Cl.O=C(NCCCCCc1ccccc1)C1CNC1. The molecular weight excluding hydrogens is 260 g/mol. The van der Waals surface area contributed by atoms with Crippen molar-refractivity contribution in [3.8, 4) is 0 Å². The molecule has 0 bridgehead atoms. The predicted octanol–water partition coefficient (Wildman–Crippen LogP) is 2.16. The molecule has 1 saturated heterocycles. The van der Waals surface area contributed by atoms with Gasteiger partial charge in [0, 0.05) is 19.6 Å². The summed E-state index contributed by atoms with van der Waals surface area (Å²) in [5, 5.41) is 6.11. The van der Waals surface area contributed by atoms with E-state index in [1.54, 1.807) is 0 Å². The van der Waals surface area contributed by atoms with Gasteiger partial charge in [-0.15, -0.1) is 12.4 Å². The van der Waals surface area contributed by atoms with Crippen LogP contribution in [0.3, 0.4) is 0 Å². The van der Waals surface area contributed by atoms with E-state index in [0.29, 0.717) is 0 Å². The molecule has 1 aliphatic heterocycles. The van der Waals surface area contributed by atoms with Crippen LogP contribution in [-0.4, -0.2) is 25.5 Å². The number of carbonyl (C=O) groups is 1. The quantitative estimate of drug-likeness (QED) is 0.753. The molecule has 2 rings (SSSR count). The van der Waals surface area contributed by atoms with Crippen LogP contribution in [0.5, 0.6) is 0 Å². The van der Waals surface area contributed by atoms with Gasteiger partial charge in [0.05, 0.1) is 5.92 Å². The molecule has 1 aliphatic rings. The number of halogens is 1. The van der Waals surface area contributed by atoms with Crippen molar-refractivity contribution in [3.05, 3.63) is 35.9 Å². The summed E-state index contributed by atoms with van der Waals surface area (Å²) in [6.07, 6.45) is 4.60. The maximum absolute atomic E-state index is 11.5. The topological polar surface area (TPSA) is 41.1 Å². The van der Waals surface area contributed by atoms with E-state index in [9.17, 15) is 4.79 Å². The fraction of sp³-hybridized carbons (Fsp3) is 0.533. The van der Waals surface area contributed by atoms with Crippen molar-refractivity contribution in [1.82, 2.24) is 10.6 Å². The minimum atomic E-state index is 0. The van der Waals surface area contributed by atoms with Gasteiger partial charge in [0.15, 0.2) is 0 Å². The average molecular weight is 283 g/mol. The molecule has 2 N–H and O–H groups in total. The summed E-state index contributed by atoms with van der Waals surface area (Å²) >= 11 is 0. The summed E-state index contributed by atoms with van der Waals surface area (Å²) in [5.74, 6) is 0.436. The minimum absolute atomic E-state index is 0. The Balaban J connectivity index is 0.00000180. The number of rotatable bonds is 7. The third-order valence-electron chi connectivity index (χ3n) is 3.44. The molecule has 19 heavy (non-hydrogen) atoms. The normalized spacial score (nSPS) is 14.3. The second kappa shape index (κ2) is 8.94. The van der Waals surface area contributed by atoms with Gasteiger partial charge in [-0.05, 0) is 24.8 Å². The zero-order valence-electron chi connectivity index (χ0n) is 11.2. The van der Waals surface area contributed by atoms with Crippen LogP contribution in [0.1, 0.15) is 24.8 Å². The van der Waals surface area contributed by atoms with Crippen molar-refractivity contribution in [1.29, 1.82) is 0 Å². The van der Waals surface area contributed by atoms with Gasteiger partial charge in [-0.3, -0.25) is 4.79 Å². The van der Waals surface area contributed by atoms with Gasteiger partial charge in [0.25, 0.3) is 0 Å². The van der Waals surface area contributed by atoms with Crippen LogP contribution in [0.15, 0.2) is 30.3 Å². The van der Waals surface area contributed by atoms with E-state index < -0.39 is 0 Å². The van der Waals surface area contributed by atoms with Gasteiger partial charge in [-0.2, -0.15) is 0 Å². The lowest BCUT2D eigenvalue weighted by Crippen LogP contribution is -2.50. The van der Waals surface area contributed by atoms with Crippen molar-refractivity contribution in [2.24, 2.45) is 5.92 Å². The summed E-state index contributed by atoms with van der Waals surface area (Å²) in [6.45, 7) is 2.52. The van der Waals surface area contributed by atoms with Crippen molar-refractivity contribution in [2.75, 3.05) is 19.6 Å². The highest BCUT2D eigenvalue weighted by Crippen LogP contribution is 2.06. The molecule has 1 fully saturated rings. The van der Waals surface area contributed by atoms with Crippen LogP contribution >= 0.6 is 12.4 Å². The third kappa shape index (κ3) is 5.62. The monoisotopic (exact) mass is 282 g/mol. The zero-order valence-corrected chi connectivity index (χ0v) is 12.0. The Morgan fingerprint density at radius 2 is 1.89 bits per heavy atom. The van der Waals surface area contributed by atoms with Crippen molar-refractivity contribution in [3.63, 3.8) is 0 Å². The Labute approximate surface area is 121 Å². The van der Waals surface area contributed by atoms with E-state index in [1.807, 2.05) is 6.07 Å². The van der Waals surface area contributed by atoms with Gasteiger partial charge in [-0.1, -0.05) is 36.8 Å². The zero-order chi connectivity index (χ0) is 12.6. The number of amides is 1. The number of hydrogen-bond donors (Lipinski definition) is 2. The smallest absolute Gasteiger partial charge is 0.225 e. The maximum atomic E-state index is 11.5. The Morgan fingerprint density at radius 3 is 2.53 bits per heavy atom. The highest BCUT2D eigenvalue weighted by Gasteiger charge is 2.23. The fourth-order valence-corrected chi connectivity index (χ4v) is 2.11. The molecule has 1 aromatic rings. The number of unbranched alkanes of at least 4 members (excludes halogenated alkanes) is 2. The largest absolute Gasteiger partial charge is 0.356 e.